The topological polar surface area (TPSA) is 38.8 Å². The molecule has 0 amide bonds. The molecule has 3 rings (SSSR count). The van der Waals surface area contributed by atoms with E-state index in [1.807, 2.05) is 37.3 Å². The van der Waals surface area contributed by atoms with Crippen molar-refractivity contribution in [3.8, 4) is 0 Å². The van der Waals surface area contributed by atoms with Crippen molar-refractivity contribution in [2.45, 2.75) is 38.3 Å². The summed E-state index contributed by atoms with van der Waals surface area (Å²) >= 11 is 0. The van der Waals surface area contributed by atoms with Crippen LogP contribution >= 0.6 is 0 Å². The molecule has 7 heteroatoms. The second-order valence-corrected chi connectivity index (χ2v) is 8.38. The van der Waals surface area contributed by atoms with Crippen molar-refractivity contribution in [1.29, 1.82) is 0 Å². The summed E-state index contributed by atoms with van der Waals surface area (Å²) in [6.07, 6.45) is -1.98. The van der Waals surface area contributed by atoms with E-state index >= 15 is 0 Å². The van der Waals surface area contributed by atoms with Gasteiger partial charge >= 0.3 is 12.1 Å². The van der Waals surface area contributed by atoms with Crippen molar-refractivity contribution in [2.24, 2.45) is 5.92 Å². The van der Waals surface area contributed by atoms with Gasteiger partial charge in [-0.2, -0.15) is 13.2 Å². The van der Waals surface area contributed by atoms with E-state index in [0.29, 0.717) is 38.3 Å². The van der Waals surface area contributed by atoms with Gasteiger partial charge in [-0.05, 0) is 49.9 Å². The number of halogens is 3. The number of carbonyl (C=O) groups is 1. The summed E-state index contributed by atoms with van der Waals surface area (Å²) in [5.74, 6) is -0.395. The van der Waals surface area contributed by atoms with E-state index < -0.39 is 11.7 Å². The van der Waals surface area contributed by atoms with E-state index in [0.717, 1.165) is 37.6 Å². The Morgan fingerprint density at radius 1 is 1.09 bits per heavy atom. The molecular formula is C26H32F3NO3. The molecular weight excluding hydrogens is 431 g/mol. The summed E-state index contributed by atoms with van der Waals surface area (Å²) in [5, 5.41) is 0. The SMILES string of the molecule is CCOC(=O)[C@@H]1CCCN(CCOCCC(c2ccccc2)c2cccc(C(F)(F)F)c2)C1. The Balaban J connectivity index is 1.54. The van der Waals surface area contributed by atoms with Crippen LogP contribution in [0.15, 0.2) is 54.6 Å². The predicted molar refractivity (Wildman–Crippen MR) is 121 cm³/mol. The zero-order chi connectivity index (χ0) is 23.7. The van der Waals surface area contributed by atoms with Crippen molar-refractivity contribution < 1.29 is 27.4 Å². The van der Waals surface area contributed by atoms with E-state index in [1.165, 1.54) is 12.1 Å². The van der Waals surface area contributed by atoms with E-state index in [1.54, 1.807) is 6.07 Å². The summed E-state index contributed by atoms with van der Waals surface area (Å²) in [7, 11) is 0. The van der Waals surface area contributed by atoms with Crippen LogP contribution in [0.4, 0.5) is 13.2 Å². The monoisotopic (exact) mass is 463 g/mol. The number of alkyl halides is 3. The van der Waals surface area contributed by atoms with Crippen LogP contribution in [-0.4, -0.2) is 50.3 Å². The van der Waals surface area contributed by atoms with Gasteiger partial charge in [0.25, 0.3) is 0 Å². The summed E-state index contributed by atoms with van der Waals surface area (Å²) in [4.78, 5) is 14.2. The molecule has 2 atom stereocenters. The Morgan fingerprint density at radius 3 is 2.58 bits per heavy atom. The largest absolute Gasteiger partial charge is 0.466 e. The lowest BCUT2D eigenvalue weighted by molar-refractivity contribution is -0.150. The van der Waals surface area contributed by atoms with Gasteiger partial charge in [0.05, 0.1) is 24.7 Å². The second-order valence-electron chi connectivity index (χ2n) is 8.38. The normalized spacial score (nSPS) is 18.1. The zero-order valence-electron chi connectivity index (χ0n) is 19.0. The van der Waals surface area contributed by atoms with Gasteiger partial charge in [0, 0.05) is 25.6 Å². The minimum Gasteiger partial charge on any atom is -0.466 e. The molecule has 1 aliphatic rings. The van der Waals surface area contributed by atoms with Gasteiger partial charge in [0.15, 0.2) is 0 Å². The fraction of sp³-hybridized carbons (Fsp3) is 0.500. The molecule has 1 unspecified atom stereocenters. The molecule has 0 spiro atoms. The number of nitrogens with zero attached hydrogens (tertiary/aromatic N) is 1. The Kier molecular flexibility index (Phi) is 9.32. The average molecular weight is 464 g/mol. The van der Waals surface area contributed by atoms with Gasteiger partial charge in [-0.1, -0.05) is 48.5 Å². The molecule has 1 aliphatic heterocycles. The second kappa shape index (κ2) is 12.2. The average Bonchev–Trinajstić information content (AvgIpc) is 2.82. The first-order valence-corrected chi connectivity index (χ1v) is 11.6. The summed E-state index contributed by atoms with van der Waals surface area (Å²) in [5.41, 5.74) is 0.963. The zero-order valence-corrected chi connectivity index (χ0v) is 19.0. The number of hydrogen-bond donors (Lipinski definition) is 0. The van der Waals surface area contributed by atoms with Crippen LogP contribution in [0.25, 0.3) is 0 Å². The molecule has 1 saturated heterocycles. The van der Waals surface area contributed by atoms with Crippen LogP contribution < -0.4 is 0 Å². The number of hydrogen-bond acceptors (Lipinski definition) is 4. The third-order valence-corrected chi connectivity index (χ3v) is 6.05. The van der Waals surface area contributed by atoms with E-state index in [-0.39, 0.29) is 17.8 Å². The van der Waals surface area contributed by atoms with Crippen molar-refractivity contribution in [3.63, 3.8) is 0 Å². The van der Waals surface area contributed by atoms with Gasteiger partial charge in [0.1, 0.15) is 0 Å². The quantitative estimate of drug-likeness (QED) is 0.344. The molecule has 4 nitrogen and oxygen atoms in total. The van der Waals surface area contributed by atoms with Gasteiger partial charge in [-0.25, -0.2) is 0 Å². The maximum atomic E-state index is 13.2. The lowest BCUT2D eigenvalue weighted by atomic mass is 9.88. The molecule has 0 N–H and O–H groups in total. The molecule has 0 aromatic heterocycles. The summed E-state index contributed by atoms with van der Waals surface area (Å²) in [6.45, 7) is 5.48. The van der Waals surface area contributed by atoms with Crippen molar-refractivity contribution in [3.05, 3.63) is 71.3 Å². The van der Waals surface area contributed by atoms with E-state index in [2.05, 4.69) is 4.90 Å². The molecule has 0 radical (unpaired) electrons. The highest BCUT2D eigenvalue weighted by molar-refractivity contribution is 5.72. The number of likely N-dealkylation sites (tertiary alicyclic amines) is 1. The van der Waals surface area contributed by atoms with Crippen molar-refractivity contribution >= 4 is 5.97 Å². The molecule has 1 fully saturated rings. The van der Waals surface area contributed by atoms with Crippen LogP contribution in [0, 0.1) is 5.92 Å². The van der Waals surface area contributed by atoms with Crippen LogP contribution in [-0.2, 0) is 20.4 Å². The minimum atomic E-state index is -4.37. The summed E-state index contributed by atoms with van der Waals surface area (Å²) in [6, 6.07) is 15.1. The lowest BCUT2D eigenvalue weighted by Gasteiger charge is -2.31. The Morgan fingerprint density at radius 2 is 1.85 bits per heavy atom. The van der Waals surface area contributed by atoms with Crippen LogP contribution in [0.5, 0.6) is 0 Å². The minimum absolute atomic E-state index is 0.0814. The highest BCUT2D eigenvalue weighted by Crippen LogP contribution is 2.34. The third kappa shape index (κ3) is 7.57. The Bertz CT molecular complexity index is 873. The summed E-state index contributed by atoms with van der Waals surface area (Å²) < 4.78 is 50.7. The Hall–Kier alpha value is -2.38. The number of benzene rings is 2. The third-order valence-electron chi connectivity index (χ3n) is 6.05. The maximum absolute atomic E-state index is 13.2. The highest BCUT2D eigenvalue weighted by atomic mass is 19.4. The Labute approximate surface area is 193 Å². The molecule has 0 saturated carbocycles. The standard InChI is InChI=1S/C26H32F3NO3/c1-2-33-25(31)22-11-7-14-30(19-22)15-17-32-16-13-24(20-8-4-3-5-9-20)21-10-6-12-23(18-21)26(27,28)29/h3-6,8-10,12,18,22,24H,2,7,11,13-17,19H2,1H3/t22-,24?/m1/s1. The van der Waals surface area contributed by atoms with Gasteiger partial charge in [-0.3, -0.25) is 4.79 Å². The number of piperidine rings is 1. The first-order valence-electron chi connectivity index (χ1n) is 11.6. The first-order chi connectivity index (χ1) is 15.9. The molecule has 33 heavy (non-hydrogen) atoms. The van der Waals surface area contributed by atoms with Crippen LogP contribution in [0.1, 0.15) is 48.8 Å². The van der Waals surface area contributed by atoms with Crippen molar-refractivity contribution in [2.75, 3.05) is 39.5 Å². The van der Waals surface area contributed by atoms with Crippen molar-refractivity contribution in [1.82, 2.24) is 4.90 Å². The van der Waals surface area contributed by atoms with Gasteiger partial charge in [0.2, 0.25) is 0 Å². The van der Waals surface area contributed by atoms with E-state index in [9.17, 15) is 18.0 Å². The highest BCUT2D eigenvalue weighted by Gasteiger charge is 2.31. The number of ether oxygens (including phenoxy) is 2. The molecule has 1 heterocycles. The van der Waals surface area contributed by atoms with Crippen LogP contribution in [0.3, 0.4) is 0 Å². The molecule has 2 aromatic rings. The molecule has 2 aromatic carbocycles. The lowest BCUT2D eigenvalue weighted by Crippen LogP contribution is -2.40. The number of esters is 1. The smallest absolute Gasteiger partial charge is 0.416 e. The van der Waals surface area contributed by atoms with Gasteiger partial charge in [-0.15, -0.1) is 0 Å². The van der Waals surface area contributed by atoms with E-state index in [4.69, 9.17) is 9.47 Å². The molecule has 0 bridgehead atoms. The molecule has 180 valence electrons. The van der Waals surface area contributed by atoms with Gasteiger partial charge < -0.3 is 14.4 Å². The maximum Gasteiger partial charge on any atom is 0.416 e. The number of rotatable bonds is 10. The van der Waals surface area contributed by atoms with Crippen LogP contribution in [0.2, 0.25) is 0 Å². The first kappa shape index (κ1) is 25.2. The predicted octanol–water partition coefficient (Wildman–Crippen LogP) is 5.52. The number of carbonyl (C=O) groups excluding carboxylic acids is 1. The fourth-order valence-corrected chi connectivity index (χ4v) is 4.35. The molecule has 0 aliphatic carbocycles. The fourth-order valence-electron chi connectivity index (χ4n) is 4.35.